The van der Waals surface area contributed by atoms with Crippen molar-refractivity contribution in [3.05, 3.63) is 52.9 Å². The molecule has 1 aromatic heterocycles. The molecule has 0 aliphatic heterocycles. The summed E-state index contributed by atoms with van der Waals surface area (Å²) in [6.45, 7) is 2.97. The molecule has 0 saturated carbocycles. The van der Waals surface area contributed by atoms with Crippen molar-refractivity contribution in [3.8, 4) is 5.88 Å². The monoisotopic (exact) mass is 280 g/mol. The van der Waals surface area contributed by atoms with Gasteiger partial charge >= 0.3 is 0 Å². The molecule has 2 aromatic rings. The first-order chi connectivity index (χ1) is 9.20. The smallest absolute Gasteiger partial charge is 0.237 e. The molecule has 0 radical (unpaired) electrons. The molecule has 1 heterocycles. The molecule has 19 heavy (non-hydrogen) atoms. The SMILES string of the molecule is CCOc1ncccc1NCc1ccc(F)c(Cl)c1. The van der Waals surface area contributed by atoms with Crippen LogP contribution in [0.4, 0.5) is 10.1 Å². The zero-order valence-electron chi connectivity index (χ0n) is 10.5. The van der Waals surface area contributed by atoms with E-state index in [0.29, 0.717) is 19.0 Å². The minimum absolute atomic E-state index is 0.121. The van der Waals surface area contributed by atoms with E-state index in [0.717, 1.165) is 11.3 Å². The highest BCUT2D eigenvalue weighted by Gasteiger charge is 2.05. The highest BCUT2D eigenvalue weighted by molar-refractivity contribution is 6.30. The molecule has 3 nitrogen and oxygen atoms in total. The minimum Gasteiger partial charge on any atom is -0.476 e. The second-order valence-corrected chi connectivity index (χ2v) is 4.30. The van der Waals surface area contributed by atoms with Gasteiger partial charge in [0.05, 0.1) is 17.3 Å². The van der Waals surface area contributed by atoms with Crippen LogP contribution in [0.2, 0.25) is 5.02 Å². The van der Waals surface area contributed by atoms with Gasteiger partial charge in [-0.3, -0.25) is 0 Å². The Labute approximate surface area is 116 Å². The number of ether oxygens (including phenoxy) is 1. The molecular formula is C14H14ClFN2O. The highest BCUT2D eigenvalue weighted by Crippen LogP contribution is 2.22. The lowest BCUT2D eigenvalue weighted by Crippen LogP contribution is -2.04. The summed E-state index contributed by atoms with van der Waals surface area (Å²) in [5.41, 5.74) is 1.68. The van der Waals surface area contributed by atoms with E-state index in [1.807, 2.05) is 19.1 Å². The number of halogens is 2. The third kappa shape index (κ3) is 3.58. The quantitative estimate of drug-likeness (QED) is 0.902. The Morgan fingerprint density at radius 3 is 2.95 bits per heavy atom. The number of pyridine rings is 1. The van der Waals surface area contributed by atoms with Gasteiger partial charge in [-0.15, -0.1) is 0 Å². The van der Waals surface area contributed by atoms with Crippen LogP contribution in [0.15, 0.2) is 36.5 Å². The van der Waals surface area contributed by atoms with E-state index in [-0.39, 0.29) is 5.02 Å². The van der Waals surface area contributed by atoms with Crippen molar-refractivity contribution in [1.82, 2.24) is 4.98 Å². The molecule has 2 rings (SSSR count). The number of anilines is 1. The summed E-state index contributed by atoms with van der Waals surface area (Å²) < 4.78 is 18.5. The van der Waals surface area contributed by atoms with Gasteiger partial charge in [0.2, 0.25) is 5.88 Å². The Kier molecular flexibility index (Phi) is 4.58. The van der Waals surface area contributed by atoms with Crippen LogP contribution in [0.3, 0.4) is 0 Å². The number of nitrogens with one attached hydrogen (secondary N) is 1. The average Bonchev–Trinajstić information content (AvgIpc) is 2.42. The fourth-order valence-electron chi connectivity index (χ4n) is 1.62. The van der Waals surface area contributed by atoms with Gasteiger partial charge < -0.3 is 10.1 Å². The van der Waals surface area contributed by atoms with Crippen LogP contribution >= 0.6 is 11.6 Å². The Morgan fingerprint density at radius 2 is 2.21 bits per heavy atom. The molecule has 1 aromatic carbocycles. The third-order valence-electron chi connectivity index (χ3n) is 2.52. The molecule has 0 aliphatic rings. The maximum atomic E-state index is 13.0. The number of rotatable bonds is 5. The van der Waals surface area contributed by atoms with E-state index >= 15 is 0 Å². The van der Waals surface area contributed by atoms with Gasteiger partial charge in [0.1, 0.15) is 5.82 Å². The highest BCUT2D eigenvalue weighted by atomic mass is 35.5. The number of hydrogen-bond acceptors (Lipinski definition) is 3. The van der Waals surface area contributed by atoms with Crippen molar-refractivity contribution in [2.75, 3.05) is 11.9 Å². The predicted molar refractivity (Wildman–Crippen MR) is 74.1 cm³/mol. The zero-order valence-corrected chi connectivity index (χ0v) is 11.2. The molecule has 0 unspecified atom stereocenters. The molecule has 1 N–H and O–H groups in total. The predicted octanol–water partition coefficient (Wildman–Crippen LogP) is 3.88. The average molecular weight is 281 g/mol. The van der Waals surface area contributed by atoms with Crippen molar-refractivity contribution in [1.29, 1.82) is 0 Å². The molecule has 5 heteroatoms. The molecule has 0 atom stereocenters. The van der Waals surface area contributed by atoms with Crippen LogP contribution in [-0.2, 0) is 6.54 Å². The molecule has 0 amide bonds. The van der Waals surface area contributed by atoms with E-state index in [1.54, 1.807) is 18.3 Å². The summed E-state index contributed by atoms with van der Waals surface area (Å²) in [4.78, 5) is 4.14. The Hall–Kier alpha value is -1.81. The van der Waals surface area contributed by atoms with Crippen molar-refractivity contribution >= 4 is 17.3 Å². The first-order valence-electron chi connectivity index (χ1n) is 5.96. The largest absolute Gasteiger partial charge is 0.476 e. The van der Waals surface area contributed by atoms with Gasteiger partial charge in [0, 0.05) is 12.7 Å². The minimum atomic E-state index is -0.415. The fourth-order valence-corrected chi connectivity index (χ4v) is 1.83. The van der Waals surface area contributed by atoms with Gasteiger partial charge in [-0.2, -0.15) is 0 Å². The number of nitrogens with zero attached hydrogens (tertiary/aromatic N) is 1. The van der Waals surface area contributed by atoms with Gasteiger partial charge in [-0.25, -0.2) is 9.37 Å². The van der Waals surface area contributed by atoms with Crippen LogP contribution in [0.25, 0.3) is 0 Å². The summed E-state index contributed by atoms with van der Waals surface area (Å²) in [6, 6.07) is 8.34. The van der Waals surface area contributed by atoms with Crippen LogP contribution < -0.4 is 10.1 Å². The van der Waals surface area contributed by atoms with Gasteiger partial charge in [-0.1, -0.05) is 17.7 Å². The second kappa shape index (κ2) is 6.38. The van der Waals surface area contributed by atoms with E-state index in [9.17, 15) is 4.39 Å². The number of aromatic nitrogens is 1. The first-order valence-corrected chi connectivity index (χ1v) is 6.34. The fraction of sp³-hybridized carbons (Fsp3) is 0.214. The van der Waals surface area contributed by atoms with Crippen molar-refractivity contribution in [2.24, 2.45) is 0 Å². The summed E-state index contributed by atoms with van der Waals surface area (Å²) in [5, 5.41) is 3.31. The van der Waals surface area contributed by atoms with Crippen molar-refractivity contribution in [2.45, 2.75) is 13.5 Å². The Bertz CT molecular complexity index is 563. The van der Waals surface area contributed by atoms with E-state index < -0.39 is 5.82 Å². The van der Waals surface area contributed by atoms with Gasteiger partial charge in [0.15, 0.2) is 0 Å². The molecule has 100 valence electrons. The van der Waals surface area contributed by atoms with Gasteiger partial charge in [0.25, 0.3) is 0 Å². The summed E-state index contributed by atoms with van der Waals surface area (Å²) in [7, 11) is 0. The van der Waals surface area contributed by atoms with E-state index in [2.05, 4.69) is 10.3 Å². The second-order valence-electron chi connectivity index (χ2n) is 3.89. The maximum absolute atomic E-state index is 13.0. The van der Waals surface area contributed by atoms with E-state index in [4.69, 9.17) is 16.3 Å². The Balaban J connectivity index is 2.07. The zero-order chi connectivity index (χ0) is 13.7. The van der Waals surface area contributed by atoms with E-state index in [1.165, 1.54) is 6.07 Å². The first kappa shape index (κ1) is 13.6. The summed E-state index contributed by atoms with van der Waals surface area (Å²) in [5.74, 6) is 0.139. The van der Waals surface area contributed by atoms with Crippen LogP contribution in [0.5, 0.6) is 5.88 Å². The maximum Gasteiger partial charge on any atom is 0.237 e. The van der Waals surface area contributed by atoms with Gasteiger partial charge in [-0.05, 0) is 36.8 Å². The van der Waals surface area contributed by atoms with Crippen LogP contribution in [0.1, 0.15) is 12.5 Å². The summed E-state index contributed by atoms with van der Waals surface area (Å²) >= 11 is 5.74. The van der Waals surface area contributed by atoms with Crippen molar-refractivity contribution in [3.63, 3.8) is 0 Å². The third-order valence-corrected chi connectivity index (χ3v) is 2.81. The molecular weight excluding hydrogens is 267 g/mol. The van der Waals surface area contributed by atoms with Crippen molar-refractivity contribution < 1.29 is 9.13 Å². The lowest BCUT2D eigenvalue weighted by atomic mass is 10.2. The lowest BCUT2D eigenvalue weighted by Gasteiger charge is -2.11. The molecule has 0 aliphatic carbocycles. The van der Waals surface area contributed by atoms with Crippen LogP contribution in [-0.4, -0.2) is 11.6 Å². The topological polar surface area (TPSA) is 34.1 Å². The molecule has 0 spiro atoms. The molecule has 0 bridgehead atoms. The summed E-state index contributed by atoms with van der Waals surface area (Å²) in [6.07, 6.45) is 1.67. The standard InChI is InChI=1S/C14H14ClFN2O/c1-2-19-14-13(4-3-7-17-14)18-9-10-5-6-12(16)11(15)8-10/h3-8,18H,2,9H2,1H3. The normalized spacial score (nSPS) is 10.3. The van der Waals surface area contributed by atoms with Crippen LogP contribution in [0, 0.1) is 5.82 Å². The number of benzene rings is 1. The molecule has 0 saturated heterocycles. The lowest BCUT2D eigenvalue weighted by molar-refractivity contribution is 0.328. The number of hydrogen-bond donors (Lipinski definition) is 1. The Morgan fingerprint density at radius 1 is 1.37 bits per heavy atom. The molecule has 0 fully saturated rings.